The molecule has 0 unspecified atom stereocenters. The van der Waals surface area contributed by atoms with Crippen LogP contribution < -0.4 is 5.32 Å². The minimum atomic E-state index is -4.45. The number of piperazine rings is 1. The van der Waals surface area contributed by atoms with E-state index in [0.29, 0.717) is 51.6 Å². The molecule has 180 valence electrons. The van der Waals surface area contributed by atoms with Crippen LogP contribution in [0.3, 0.4) is 0 Å². The highest BCUT2D eigenvalue weighted by Gasteiger charge is 2.31. The van der Waals surface area contributed by atoms with Gasteiger partial charge in [-0.1, -0.05) is 29.4 Å². The van der Waals surface area contributed by atoms with Crippen LogP contribution in [0.1, 0.15) is 17.0 Å². The largest absolute Gasteiger partial charge is 0.416 e. The Morgan fingerprint density at radius 1 is 1.06 bits per heavy atom. The van der Waals surface area contributed by atoms with Crippen molar-refractivity contribution in [2.45, 2.75) is 19.1 Å². The Morgan fingerprint density at radius 2 is 1.79 bits per heavy atom. The molecule has 7 nitrogen and oxygen atoms in total. The summed E-state index contributed by atoms with van der Waals surface area (Å²) in [5.74, 6) is 0.1000. The van der Waals surface area contributed by atoms with Crippen molar-refractivity contribution in [3.8, 4) is 11.4 Å². The number of carbonyl (C=O) groups is 1. The molecule has 0 spiro atoms. The Kier molecular flexibility index (Phi) is 7.11. The smallest absolute Gasteiger partial charge is 0.338 e. The van der Waals surface area contributed by atoms with Crippen molar-refractivity contribution in [2.24, 2.45) is 0 Å². The molecule has 0 aliphatic carbocycles. The van der Waals surface area contributed by atoms with Crippen LogP contribution in [0.2, 0.25) is 0 Å². The number of urea groups is 1. The van der Waals surface area contributed by atoms with Crippen molar-refractivity contribution < 1.29 is 26.9 Å². The number of amides is 2. The van der Waals surface area contributed by atoms with Crippen LogP contribution >= 0.6 is 0 Å². The molecule has 0 bridgehead atoms. The number of rotatable bonds is 6. The molecule has 2 amide bonds. The van der Waals surface area contributed by atoms with Gasteiger partial charge >= 0.3 is 12.2 Å². The van der Waals surface area contributed by atoms with Gasteiger partial charge in [0.1, 0.15) is 5.82 Å². The second-order valence-corrected chi connectivity index (χ2v) is 7.96. The zero-order valence-corrected chi connectivity index (χ0v) is 18.2. The zero-order valence-electron chi connectivity index (χ0n) is 18.2. The van der Waals surface area contributed by atoms with Gasteiger partial charge in [-0.25, -0.2) is 9.18 Å². The summed E-state index contributed by atoms with van der Waals surface area (Å²) in [6.45, 7) is 2.99. The van der Waals surface area contributed by atoms with Gasteiger partial charge in [-0.05, 0) is 36.2 Å². The number of hydrogen-bond donors (Lipinski definition) is 1. The highest BCUT2D eigenvalue weighted by atomic mass is 19.4. The number of benzene rings is 2. The first kappa shape index (κ1) is 23.7. The van der Waals surface area contributed by atoms with E-state index in [4.69, 9.17) is 4.52 Å². The van der Waals surface area contributed by atoms with Crippen LogP contribution in [0.5, 0.6) is 0 Å². The molecular formula is C23H23F4N5O2. The molecule has 1 N–H and O–H groups in total. The van der Waals surface area contributed by atoms with Crippen molar-refractivity contribution in [1.82, 2.24) is 25.3 Å². The average Bonchev–Trinajstić information content (AvgIpc) is 3.29. The van der Waals surface area contributed by atoms with Crippen molar-refractivity contribution in [1.29, 1.82) is 0 Å². The van der Waals surface area contributed by atoms with Crippen molar-refractivity contribution >= 4 is 6.03 Å². The molecule has 3 aromatic rings. The number of alkyl halides is 3. The van der Waals surface area contributed by atoms with Gasteiger partial charge < -0.3 is 14.7 Å². The Morgan fingerprint density at radius 3 is 2.50 bits per heavy atom. The molecule has 11 heteroatoms. The van der Waals surface area contributed by atoms with Gasteiger partial charge in [-0.3, -0.25) is 4.90 Å². The molecule has 1 fully saturated rings. The van der Waals surface area contributed by atoms with Crippen molar-refractivity contribution in [3.63, 3.8) is 0 Å². The minimum absolute atomic E-state index is 0.0975. The first-order chi connectivity index (χ1) is 16.3. The molecule has 2 aromatic carbocycles. The second kappa shape index (κ2) is 10.2. The van der Waals surface area contributed by atoms with Crippen LogP contribution in [-0.4, -0.2) is 58.7 Å². The number of nitrogens with zero attached hydrogens (tertiary/aromatic N) is 4. The second-order valence-electron chi connectivity index (χ2n) is 7.96. The lowest BCUT2D eigenvalue weighted by Crippen LogP contribution is -2.51. The topological polar surface area (TPSA) is 74.5 Å². The van der Waals surface area contributed by atoms with E-state index < -0.39 is 11.7 Å². The fourth-order valence-electron chi connectivity index (χ4n) is 3.65. The van der Waals surface area contributed by atoms with Gasteiger partial charge in [-0.2, -0.15) is 18.2 Å². The zero-order chi connectivity index (χ0) is 24.1. The number of carbonyl (C=O) groups excluding carboxylic acids is 1. The lowest BCUT2D eigenvalue weighted by Gasteiger charge is -2.33. The summed E-state index contributed by atoms with van der Waals surface area (Å²) in [4.78, 5) is 20.3. The third-order valence-corrected chi connectivity index (χ3v) is 5.54. The van der Waals surface area contributed by atoms with E-state index in [1.807, 2.05) is 4.90 Å². The monoisotopic (exact) mass is 477 g/mol. The standard InChI is InChI=1S/C23H23F4N5O2/c24-19-6-4-16(5-7-19)8-9-28-22(33)32-12-10-31(11-13-32)15-20-29-21(30-34-20)17-2-1-3-18(14-17)23(25,26)27/h1-7,14H,8-13,15H2,(H,28,33). The van der Waals surface area contributed by atoms with Gasteiger partial charge in [-0.15, -0.1) is 0 Å². The lowest BCUT2D eigenvalue weighted by atomic mass is 10.1. The Labute approximate surface area is 193 Å². The first-order valence-corrected chi connectivity index (χ1v) is 10.8. The Hall–Kier alpha value is -3.47. The lowest BCUT2D eigenvalue weighted by molar-refractivity contribution is -0.137. The maximum atomic E-state index is 13.0. The van der Waals surface area contributed by atoms with Gasteiger partial charge in [0.05, 0.1) is 12.1 Å². The predicted octanol–water partition coefficient (Wildman–Crippen LogP) is 3.96. The highest BCUT2D eigenvalue weighted by molar-refractivity contribution is 5.74. The summed E-state index contributed by atoms with van der Waals surface area (Å²) >= 11 is 0. The van der Waals surface area contributed by atoms with Crippen LogP contribution in [-0.2, 0) is 19.1 Å². The molecule has 1 aromatic heterocycles. The SMILES string of the molecule is O=C(NCCc1ccc(F)cc1)N1CCN(Cc2nc(-c3cccc(C(F)(F)F)c3)no2)CC1. The van der Waals surface area contributed by atoms with Crippen LogP contribution in [0.25, 0.3) is 11.4 Å². The van der Waals surface area contributed by atoms with E-state index in [1.54, 1.807) is 17.0 Å². The minimum Gasteiger partial charge on any atom is -0.338 e. The maximum absolute atomic E-state index is 13.0. The molecule has 34 heavy (non-hydrogen) atoms. The highest BCUT2D eigenvalue weighted by Crippen LogP contribution is 2.31. The number of hydrogen-bond acceptors (Lipinski definition) is 5. The molecule has 0 saturated carbocycles. The number of halogens is 4. The number of aromatic nitrogens is 2. The normalized spacial score (nSPS) is 14.9. The third-order valence-electron chi connectivity index (χ3n) is 5.54. The summed E-state index contributed by atoms with van der Waals surface area (Å²) < 4.78 is 57.0. The van der Waals surface area contributed by atoms with Crippen LogP contribution in [0.4, 0.5) is 22.4 Å². The molecule has 1 aliphatic rings. The molecule has 0 radical (unpaired) electrons. The van der Waals surface area contributed by atoms with Crippen LogP contribution in [0, 0.1) is 5.82 Å². The average molecular weight is 477 g/mol. The molecular weight excluding hydrogens is 454 g/mol. The van der Waals surface area contributed by atoms with E-state index in [9.17, 15) is 22.4 Å². The van der Waals surface area contributed by atoms with Crippen molar-refractivity contribution in [3.05, 3.63) is 71.4 Å². The van der Waals surface area contributed by atoms with E-state index in [2.05, 4.69) is 15.5 Å². The molecule has 0 atom stereocenters. The molecule has 2 heterocycles. The van der Waals surface area contributed by atoms with E-state index in [-0.39, 0.29) is 23.2 Å². The van der Waals surface area contributed by atoms with Gasteiger partial charge in [0.2, 0.25) is 11.7 Å². The maximum Gasteiger partial charge on any atom is 0.416 e. The van der Waals surface area contributed by atoms with E-state index >= 15 is 0 Å². The van der Waals surface area contributed by atoms with E-state index in [1.165, 1.54) is 24.3 Å². The fourth-order valence-corrected chi connectivity index (χ4v) is 3.65. The Bertz CT molecular complexity index is 1110. The summed E-state index contributed by atoms with van der Waals surface area (Å²) in [5.41, 5.74) is 0.394. The summed E-state index contributed by atoms with van der Waals surface area (Å²) in [7, 11) is 0. The molecule has 1 saturated heterocycles. The quantitative estimate of drug-likeness (QED) is 0.544. The summed E-state index contributed by atoms with van der Waals surface area (Å²) in [5, 5.41) is 6.68. The van der Waals surface area contributed by atoms with Gasteiger partial charge in [0.25, 0.3) is 0 Å². The predicted molar refractivity (Wildman–Crippen MR) is 115 cm³/mol. The fraction of sp³-hybridized carbons (Fsp3) is 0.348. The van der Waals surface area contributed by atoms with Gasteiger partial charge in [0.15, 0.2) is 0 Å². The first-order valence-electron chi connectivity index (χ1n) is 10.8. The summed E-state index contributed by atoms with van der Waals surface area (Å²) in [6, 6.07) is 10.8. The molecule has 1 aliphatic heterocycles. The van der Waals surface area contributed by atoms with E-state index in [0.717, 1.165) is 17.7 Å². The van der Waals surface area contributed by atoms with Gasteiger partial charge in [0, 0.05) is 38.3 Å². The Balaban J connectivity index is 1.23. The van der Waals surface area contributed by atoms with Crippen LogP contribution in [0.15, 0.2) is 53.1 Å². The third kappa shape index (κ3) is 6.10. The number of nitrogens with one attached hydrogen (secondary N) is 1. The molecule has 4 rings (SSSR count). The summed E-state index contributed by atoms with van der Waals surface area (Å²) in [6.07, 6.45) is -3.84. The van der Waals surface area contributed by atoms with Crippen molar-refractivity contribution in [2.75, 3.05) is 32.7 Å².